The maximum atomic E-state index is 12.4. The highest BCUT2D eigenvalue weighted by Crippen LogP contribution is 2.62. The highest BCUT2D eigenvalue weighted by molar-refractivity contribution is 5.77. The molecule has 0 spiro atoms. The molecule has 0 N–H and O–H groups in total. The highest BCUT2D eigenvalue weighted by atomic mass is 16.5. The van der Waals surface area contributed by atoms with E-state index in [1.807, 2.05) is 0 Å². The SMILES string of the molecule is C=C1CC[C@H]2[C@](C)(CCC[C@]2(C)C(=O)OC)[C@H]1CCC(C)=O. The smallest absolute Gasteiger partial charge is 0.311 e. The van der Waals surface area contributed by atoms with Crippen LogP contribution in [0.3, 0.4) is 0 Å². The molecule has 0 aliphatic heterocycles. The van der Waals surface area contributed by atoms with Crippen LogP contribution in [0.4, 0.5) is 0 Å². The van der Waals surface area contributed by atoms with Crippen LogP contribution in [0.25, 0.3) is 0 Å². The number of rotatable bonds is 4. The van der Waals surface area contributed by atoms with Crippen LogP contribution in [-0.2, 0) is 14.3 Å². The predicted octanol–water partition coefficient (Wildman–Crippen LogP) is 4.31. The van der Waals surface area contributed by atoms with Gasteiger partial charge in [-0.25, -0.2) is 0 Å². The minimum absolute atomic E-state index is 0.0615. The number of ether oxygens (including phenoxy) is 1. The zero-order valence-corrected chi connectivity index (χ0v) is 14.5. The summed E-state index contributed by atoms with van der Waals surface area (Å²) in [5.41, 5.74) is 0.942. The van der Waals surface area contributed by atoms with Gasteiger partial charge in [0.05, 0.1) is 12.5 Å². The third-order valence-electron chi connectivity index (χ3n) is 6.46. The molecular weight excluding hydrogens is 276 g/mol. The number of hydrogen-bond acceptors (Lipinski definition) is 3. The van der Waals surface area contributed by atoms with Crippen molar-refractivity contribution >= 4 is 11.8 Å². The first-order valence-electron chi connectivity index (χ1n) is 8.51. The van der Waals surface area contributed by atoms with Gasteiger partial charge in [0.1, 0.15) is 5.78 Å². The molecule has 2 saturated carbocycles. The van der Waals surface area contributed by atoms with Crippen molar-refractivity contribution in [1.29, 1.82) is 0 Å². The first-order chi connectivity index (χ1) is 10.3. The summed E-state index contributed by atoms with van der Waals surface area (Å²) in [5.74, 6) is 0.842. The van der Waals surface area contributed by atoms with E-state index >= 15 is 0 Å². The van der Waals surface area contributed by atoms with Crippen LogP contribution in [0.1, 0.15) is 65.7 Å². The Hall–Kier alpha value is -1.12. The Bertz CT molecular complexity index is 481. The summed E-state index contributed by atoms with van der Waals surface area (Å²) in [5, 5.41) is 0. The maximum absolute atomic E-state index is 12.4. The lowest BCUT2D eigenvalue weighted by Gasteiger charge is -2.57. The second kappa shape index (κ2) is 6.17. The summed E-state index contributed by atoms with van der Waals surface area (Å²) in [6, 6.07) is 0. The Kier molecular flexibility index (Phi) is 4.84. The van der Waals surface area contributed by atoms with Gasteiger partial charge in [0.2, 0.25) is 0 Å². The molecule has 0 saturated heterocycles. The van der Waals surface area contributed by atoms with Gasteiger partial charge in [-0.1, -0.05) is 25.5 Å². The van der Waals surface area contributed by atoms with Crippen molar-refractivity contribution in [2.45, 2.75) is 65.7 Å². The van der Waals surface area contributed by atoms with Crippen molar-refractivity contribution in [2.75, 3.05) is 7.11 Å². The highest BCUT2D eigenvalue weighted by Gasteiger charge is 2.57. The molecule has 2 aliphatic rings. The van der Waals surface area contributed by atoms with Crippen LogP contribution in [0, 0.1) is 22.7 Å². The first-order valence-corrected chi connectivity index (χ1v) is 8.51. The molecule has 0 unspecified atom stereocenters. The maximum Gasteiger partial charge on any atom is 0.311 e. The van der Waals surface area contributed by atoms with Crippen LogP contribution < -0.4 is 0 Å². The van der Waals surface area contributed by atoms with E-state index in [0.29, 0.717) is 18.3 Å². The second-order valence-corrected chi connectivity index (χ2v) is 7.81. The zero-order valence-electron chi connectivity index (χ0n) is 14.5. The number of carbonyl (C=O) groups excluding carboxylic acids is 2. The van der Waals surface area contributed by atoms with Crippen molar-refractivity contribution in [3.05, 3.63) is 12.2 Å². The number of allylic oxidation sites excluding steroid dienone is 1. The second-order valence-electron chi connectivity index (χ2n) is 7.81. The third-order valence-corrected chi connectivity index (χ3v) is 6.46. The van der Waals surface area contributed by atoms with E-state index in [0.717, 1.165) is 38.5 Å². The summed E-state index contributed by atoms with van der Waals surface area (Å²) in [6.45, 7) is 10.3. The summed E-state index contributed by atoms with van der Waals surface area (Å²) < 4.78 is 5.13. The van der Waals surface area contributed by atoms with Gasteiger partial charge in [0.25, 0.3) is 0 Å². The fraction of sp³-hybridized carbons (Fsp3) is 0.789. The largest absolute Gasteiger partial charge is 0.469 e. The summed E-state index contributed by atoms with van der Waals surface area (Å²) in [4.78, 5) is 23.9. The molecule has 0 radical (unpaired) electrons. The molecule has 2 rings (SSSR count). The lowest BCUT2D eigenvalue weighted by atomic mass is 9.46. The Labute approximate surface area is 134 Å². The van der Waals surface area contributed by atoms with Crippen molar-refractivity contribution in [2.24, 2.45) is 22.7 Å². The molecule has 0 aromatic carbocycles. The summed E-state index contributed by atoms with van der Waals surface area (Å²) in [7, 11) is 1.49. The van der Waals surface area contributed by atoms with Gasteiger partial charge >= 0.3 is 5.97 Å². The monoisotopic (exact) mass is 306 g/mol. The molecule has 0 amide bonds. The van der Waals surface area contributed by atoms with Gasteiger partial charge in [-0.2, -0.15) is 0 Å². The van der Waals surface area contributed by atoms with Gasteiger partial charge < -0.3 is 9.53 Å². The normalized spacial score (nSPS) is 38.3. The Balaban J connectivity index is 2.33. The molecule has 3 nitrogen and oxygen atoms in total. The van der Waals surface area contributed by atoms with Crippen molar-refractivity contribution < 1.29 is 14.3 Å². The quantitative estimate of drug-likeness (QED) is 0.574. The molecule has 22 heavy (non-hydrogen) atoms. The number of hydrogen-bond donors (Lipinski definition) is 0. The van der Waals surface area contributed by atoms with E-state index < -0.39 is 5.41 Å². The zero-order chi connectivity index (χ0) is 16.5. The molecule has 0 aromatic rings. The van der Waals surface area contributed by atoms with Gasteiger partial charge in [-0.05, 0) is 63.2 Å². The lowest BCUT2D eigenvalue weighted by molar-refractivity contribution is -0.168. The number of esters is 1. The third kappa shape index (κ3) is 2.75. The van der Waals surface area contributed by atoms with Crippen LogP contribution in [0.15, 0.2) is 12.2 Å². The molecule has 0 heterocycles. The molecule has 2 aliphatic carbocycles. The van der Waals surface area contributed by atoms with Gasteiger partial charge in [0, 0.05) is 6.42 Å². The fourth-order valence-electron chi connectivity index (χ4n) is 5.31. The number of carbonyl (C=O) groups is 2. The molecular formula is C19H30O3. The standard InChI is InChI=1S/C19H30O3/c1-13-7-10-16-18(3,15(13)9-8-14(2)20)11-6-12-19(16,4)17(21)22-5/h15-16H,1,6-12H2,2-5H3/t15-,16-,18+,19-/m0/s1. The fourth-order valence-corrected chi connectivity index (χ4v) is 5.31. The van der Waals surface area contributed by atoms with Crippen molar-refractivity contribution in [3.63, 3.8) is 0 Å². The van der Waals surface area contributed by atoms with Gasteiger partial charge in [-0.15, -0.1) is 0 Å². The Morgan fingerprint density at radius 3 is 2.59 bits per heavy atom. The first kappa shape index (κ1) is 17.2. The van der Waals surface area contributed by atoms with Gasteiger partial charge in [-0.3, -0.25) is 4.79 Å². The number of methoxy groups -OCH3 is 1. The number of ketones is 1. The lowest BCUT2D eigenvalue weighted by Crippen LogP contribution is -2.53. The van der Waals surface area contributed by atoms with E-state index in [9.17, 15) is 9.59 Å². The number of fused-ring (bicyclic) bond motifs is 1. The molecule has 3 heteroatoms. The molecule has 2 fully saturated rings. The molecule has 0 bridgehead atoms. The van der Waals surface area contributed by atoms with Crippen LogP contribution in [-0.4, -0.2) is 18.9 Å². The van der Waals surface area contributed by atoms with E-state index in [4.69, 9.17) is 4.74 Å². The average Bonchev–Trinajstić information content (AvgIpc) is 2.44. The average molecular weight is 306 g/mol. The Morgan fingerprint density at radius 2 is 2.00 bits per heavy atom. The molecule has 0 aromatic heterocycles. The molecule has 4 atom stereocenters. The van der Waals surface area contributed by atoms with Crippen LogP contribution in [0.2, 0.25) is 0 Å². The Morgan fingerprint density at radius 1 is 1.32 bits per heavy atom. The summed E-state index contributed by atoms with van der Waals surface area (Å²) >= 11 is 0. The van der Waals surface area contributed by atoms with Crippen molar-refractivity contribution in [3.8, 4) is 0 Å². The van der Waals surface area contributed by atoms with Crippen molar-refractivity contribution in [1.82, 2.24) is 0 Å². The van der Waals surface area contributed by atoms with E-state index in [-0.39, 0.29) is 17.2 Å². The van der Waals surface area contributed by atoms with Crippen LogP contribution in [0.5, 0.6) is 0 Å². The summed E-state index contributed by atoms with van der Waals surface area (Å²) in [6.07, 6.45) is 6.53. The van der Waals surface area contributed by atoms with E-state index in [2.05, 4.69) is 20.4 Å². The van der Waals surface area contributed by atoms with Gasteiger partial charge in [0.15, 0.2) is 0 Å². The van der Waals surface area contributed by atoms with E-state index in [1.165, 1.54) is 12.7 Å². The minimum Gasteiger partial charge on any atom is -0.469 e. The van der Waals surface area contributed by atoms with E-state index in [1.54, 1.807) is 6.92 Å². The minimum atomic E-state index is -0.392. The van der Waals surface area contributed by atoms with Crippen LogP contribution >= 0.6 is 0 Å². The topological polar surface area (TPSA) is 43.4 Å². The number of Topliss-reactive ketones (excluding diaryl/α,β-unsaturated/α-hetero) is 1. The molecule has 124 valence electrons. The predicted molar refractivity (Wildman–Crippen MR) is 87.4 cm³/mol.